The van der Waals surface area contributed by atoms with Crippen molar-refractivity contribution in [1.82, 2.24) is 19.7 Å². The standard InChI is InChI=1S/C10H12N4OS/c15-7-9-12-13-10(16)14(9)6-4-8-3-1-2-5-11-8/h1-3,5,15H,4,6-7H2,(H,13,16). The van der Waals surface area contributed by atoms with Gasteiger partial charge >= 0.3 is 0 Å². The minimum atomic E-state index is -0.116. The first-order valence-corrected chi connectivity index (χ1v) is 5.37. The molecule has 0 spiro atoms. The summed E-state index contributed by atoms with van der Waals surface area (Å²) in [5.74, 6) is 0.556. The number of nitrogens with zero attached hydrogens (tertiary/aromatic N) is 3. The Labute approximate surface area is 97.8 Å². The van der Waals surface area contributed by atoms with E-state index in [1.165, 1.54) is 0 Å². The number of rotatable bonds is 4. The topological polar surface area (TPSA) is 66.7 Å². The smallest absolute Gasteiger partial charge is 0.195 e. The number of H-pyrrole nitrogens is 1. The van der Waals surface area contributed by atoms with Gasteiger partial charge in [-0.25, -0.2) is 0 Å². The first-order valence-electron chi connectivity index (χ1n) is 4.96. The summed E-state index contributed by atoms with van der Waals surface area (Å²) in [6.07, 6.45) is 2.53. The van der Waals surface area contributed by atoms with Gasteiger partial charge in [-0.2, -0.15) is 5.10 Å². The second-order valence-electron chi connectivity index (χ2n) is 3.33. The number of aliphatic hydroxyl groups is 1. The van der Waals surface area contributed by atoms with Gasteiger partial charge in [0.05, 0.1) is 0 Å². The summed E-state index contributed by atoms with van der Waals surface area (Å²) >= 11 is 5.07. The predicted molar refractivity (Wildman–Crippen MR) is 61.3 cm³/mol. The molecule has 0 saturated heterocycles. The van der Waals surface area contributed by atoms with Gasteiger partial charge in [0.25, 0.3) is 0 Å². The largest absolute Gasteiger partial charge is 0.388 e. The van der Waals surface area contributed by atoms with Gasteiger partial charge in [0.2, 0.25) is 0 Å². The number of aliphatic hydroxyl groups excluding tert-OH is 1. The summed E-state index contributed by atoms with van der Waals surface area (Å²) in [7, 11) is 0. The highest BCUT2D eigenvalue weighted by Gasteiger charge is 2.04. The van der Waals surface area contributed by atoms with Gasteiger partial charge in [-0.05, 0) is 24.4 Å². The van der Waals surface area contributed by atoms with Crippen LogP contribution >= 0.6 is 12.2 Å². The Morgan fingerprint density at radius 3 is 3.00 bits per heavy atom. The average Bonchev–Trinajstić information content (AvgIpc) is 2.69. The van der Waals surface area contributed by atoms with Crippen LogP contribution in [-0.2, 0) is 19.6 Å². The third kappa shape index (κ3) is 2.34. The lowest BCUT2D eigenvalue weighted by atomic mass is 10.3. The van der Waals surface area contributed by atoms with E-state index in [4.69, 9.17) is 17.3 Å². The molecule has 0 aromatic carbocycles. The Kier molecular flexibility index (Phi) is 3.43. The normalized spacial score (nSPS) is 10.6. The van der Waals surface area contributed by atoms with E-state index in [2.05, 4.69) is 15.2 Å². The van der Waals surface area contributed by atoms with E-state index in [9.17, 15) is 0 Å². The molecule has 0 fully saturated rings. The van der Waals surface area contributed by atoms with E-state index in [1.807, 2.05) is 18.2 Å². The van der Waals surface area contributed by atoms with Crippen molar-refractivity contribution in [2.45, 2.75) is 19.6 Å². The Bertz CT molecular complexity index is 505. The molecule has 6 heteroatoms. The van der Waals surface area contributed by atoms with E-state index < -0.39 is 0 Å². The first kappa shape index (κ1) is 11.0. The van der Waals surface area contributed by atoms with Gasteiger partial charge in [-0.15, -0.1) is 0 Å². The SMILES string of the molecule is OCc1n[nH]c(=S)n1CCc1ccccn1. The highest BCUT2D eigenvalue weighted by molar-refractivity contribution is 7.71. The van der Waals surface area contributed by atoms with Crippen molar-refractivity contribution >= 4 is 12.2 Å². The van der Waals surface area contributed by atoms with Crippen molar-refractivity contribution in [3.05, 3.63) is 40.7 Å². The van der Waals surface area contributed by atoms with Crippen LogP contribution in [0.1, 0.15) is 11.5 Å². The molecular weight excluding hydrogens is 224 g/mol. The lowest BCUT2D eigenvalue weighted by Gasteiger charge is -2.04. The van der Waals surface area contributed by atoms with E-state index in [-0.39, 0.29) is 6.61 Å². The monoisotopic (exact) mass is 236 g/mol. The van der Waals surface area contributed by atoms with E-state index in [0.29, 0.717) is 17.1 Å². The van der Waals surface area contributed by atoms with Gasteiger partial charge in [-0.1, -0.05) is 6.07 Å². The molecule has 0 atom stereocenters. The molecule has 2 aromatic heterocycles. The molecule has 0 radical (unpaired) electrons. The van der Waals surface area contributed by atoms with Crippen LogP contribution in [0, 0.1) is 4.77 Å². The Morgan fingerprint density at radius 1 is 1.44 bits per heavy atom. The number of hydrogen-bond acceptors (Lipinski definition) is 4. The number of hydrogen-bond donors (Lipinski definition) is 2. The Morgan fingerprint density at radius 2 is 2.31 bits per heavy atom. The van der Waals surface area contributed by atoms with Gasteiger partial charge in [0.1, 0.15) is 6.61 Å². The maximum atomic E-state index is 9.06. The van der Waals surface area contributed by atoms with Crippen molar-refractivity contribution in [2.75, 3.05) is 0 Å². The second-order valence-corrected chi connectivity index (χ2v) is 3.71. The fourth-order valence-corrected chi connectivity index (χ4v) is 1.72. The molecule has 16 heavy (non-hydrogen) atoms. The van der Waals surface area contributed by atoms with Crippen LogP contribution in [0.4, 0.5) is 0 Å². The second kappa shape index (κ2) is 5.00. The number of nitrogens with one attached hydrogen (secondary N) is 1. The minimum Gasteiger partial charge on any atom is -0.388 e. The summed E-state index contributed by atoms with van der Waals surface area (Å²) in [6, 6.07) is 5.79. The summed E-state index contributed by atoms with van der Waals surface area (Å²) in [5.41, 5.74) is 0.995. The van der Waals surface area contributed by atoms with E-state index in [1.54, 1.807) is 10.8 Å². The molecule has 0 aliphatic rings. The molecule has 2 N–H and O–H groups in total. The number of aromatic amines is 1. The maximum Gasteiger partial charge on any atom is 0.195 e. The molecule has 0 unspecified atom stereocenters. The van der Waals surface area contributed by atoms with Gasteiger partial charge in [-0.3, -0.25) is 10.1 Å². The summed E-state index contributed by atoms with van der Waals surface area (Å²) < 4.78 is 2.31. The molecule has 2 rings (SSSR count). The van der Waals surface area contributed by atoms with Crippen LogP contribution in [0.25, 0.3) is 0 Å². The Balaban J connectivity index is 2.10. The van der Waals surface area contributed by atoms with Crippen LogP contribution in [-0.4, -0.2) is 24.9 Å². The minimum absolute atomic E-state index is 0.116. The van der Waals surface area contributed by atoms with Gasteiger partial charge in [0.15, 0.2) is 10.6 Å². The fourth-order valence-electron chi connectivity index (χ4n) is 1.47. The molecule has 0 aliphatic carbocycles. The van der Waals surface area contributed by atoms with Crippen LogP contribution in [0.3, 0.4) is 0 Å². The third-order valence-corrected chi connectivity index (χ3v) is 2.61. The molecule has 2 heterocycles. The lowest BCUT2D eigenvalue weighted by molar-refractivity contribution is 0.264. The van der Waals surface area contributed by atoms with Crippen molar-refractivity contribution in [3.8, 4) is 0 Å². The molecule has 0 bridgehead atoms. The summed E-state index contributed by atoms with van der Waals surface area (Å²) in [5, 5.41) is 15.6. The molecule has 2 aromatic rings. The quantitative estimate of drug-likeness (QED) is 0.779. The predicted octanol–water partition coefficient (Wildman–Crippen LogP) is 1.07. The van der Waals surface area contributed by atoms with Crippen LogP contribution in [0.5, 0.6) is 0 Å². The lowest BCUT2D eigenvalue weighted by Crippen LogP contribution is -2.07. The molecule has 5 nitrogen and oxygen atoms in total. The van der Waals surface area contributed by atoms with Crippen molar-refractivity contribution in [2.24, 2.45) is 0 Å². The molecule has 0 saturated carbocycles. The summed E-state index contributed by atoms with van der Waals surface area (Å²) in [6.45, 7) is 0.553. The molecular formula is C10H12N4OS. The van der Waals surface area contributed by atoms with E-state index in [0.717, 1.165) is 12.1 Å². The molecule has 0 aliphatic heterocycles. The number of pyridine rings is 1. The maximum absolute atomic E-state index is 9.06. The molecule has 0 amide bonds. The average molecular weight is 236 g/mol. The third-order valence-electron chi connectivity index (χ3n) is 2.30. The fraction of sp³-hybridized carbons (Fsp3) is 0.300. The van der Waals surface area contributed by atoms with Crippen molar-refractivity contribution in [1.29, 1.82) is 0 Å². The van der Waals surface area contributed by atoms with Crippen molar-refractivity contribution in [3.63, 3.8) is 0 Å². The summed E-state index contributed by atoms with van der Waals surface area (Å²) in [4.78, 5) is 4.22. The molecule has 84 valence electrons. The highest BCUT2D eigenvalue weighted by Crippen LogP contribution is 2.02. The first-order chi connectivity index (χ1) is 7.81. The number of aryl methyl sites for hydroxylation is 1. The van der Waals surface area contributed by atoms with Gasteiger partial charge < -0.3 is 9.67 Å². The van der Waals surface area contributed by atoms with Crippen LogP contribution < -0.4 is 0 Å². The zero-order valence-corrected chi connectivity index (χ0v) is 9.44. The van der Waals surface area contributed by atoms with E-state index >= 15 is 0 Å². The van der Waals surface area contributed by atoms with Crippen LogP contribution in [0.15, 0.2) is 24.4 Å². The highest BCUT2D eigenvalue weighted by atomic mass is 32.1. The zero-order valence-electron chi connectivity index (χ0n) is 8.63. The number of aromatic nitrogens is 4. The van der Waals surface area contributed by atoms with Gasteiger partial charge in [0, 0.05) is 24.9 Å². The van der Waals surface area contributed by atoms with Crippen molar-refractivity contribution < 1.29 is 5.11 Å². The van der Waals surface area contributed by atoms with Crippen LogP contribution in [0.2, 0.25) is 0 Å². The Hall–Kier alpha value is -1.53. The zero-order chi connectivity index (χ0) is 11.4.